The molecule has 26 heavy (non-hydrogen) atoms. The van der Waals surface area contributed by atoms with Crippen LogP contribution < -0.4 is 5.32 Å². The van der Waals surface area contributed by atoms with Crippen molar-refractivity contribution in [2.75, 3.05) is 12.4 Å². The van der Waals surface area contributed by atoms with Crippen LogP contribution in [0.25, 0.3) is 10.8 Å². The highest BCUT2D eigenvalue weighted by Crippen LogP contribution is 2.21. The van der Waals surface area contributed by atoms with E-state index in [4.69, 9.17) is 0 Å². The molecule has 4 nitrogen and oxygen atoms in total. The van der Waals surface area contributed by atoms with E-state index in [0.717, 1.165) is 29.5 Å². The molecule has 0 bridgehead atoms. The Hall–Kier alpha value is -3.28. The Bertz CT molecular complexity index is 1000. The van der Waals surface area contributed by atoms with Crippen LogP contribution >= 0.6 is 0 Å². The first kappa shape index (κ1) is 17.5. The summed E-state index contributed by atoms with van der Waals surface area (Å²) in [6.07, 6.45) is 0.00914. The van der Waals surface area contributed by atoms with Crippen LogP contribution in [-0.4, -0.2) is 19.0 Å². The minimum atomic E-state index is -1.05. The third-order valence-electron chi connectivity index (χ3n) is 3.91. The zero-order valence-electron chi connectivity index (χ0n) is 13.9. The van der Waals surface area contributed by atoms with Crippen LogP contribution in [-0.2, 0) is 16.0 Å². The number of carbonyl (C=O) groups excluding carboxylic acids is 2. The lowest BCUT2D eigenvalue weighted by Gasteiger charge is -2.09. The number of halogens is 2. The van der Waals surface area contributed by atoms with Gasteiger partial charge in [0.15, 0.2) is 0 Å². The number of rotatable bonds is 4. The first-order chi connectivity index (χ1) is 12.5. The standard InChI is InChI=1S/C20H15F2NO3/c1-26-20(25)15-10-18(17(22)11-16(15)21)23-19(24)9-12-6-7-13-4-2-3-5-14(13)8-12/h2-8,10-11H,9H2,1H3,(H,23,24). The first-order valence-corrected chi connectivity index (χ1v) is 7.83. The van der Waals surface area contributed by atoms with Crippen LogP contribution in [0.3, 0.4) is 0 Å². The number of ether oxygens (including phenoxy) is 1. The molecular weight excluding hydrogens is 340 g/mol. The average Bonchev–Trinajstić information content (AvgIpc) is 2.63. The normalized spacial score (nSPS) is 10.6. The van der Waals surface area contributed by atoms with Gasteiger partial charge in [-0.15, -0.1) is 0 Å². The first-order valence-electron chi connectivity index (χ1n) is 7.83. The van der Waals surface area contributed by atoms with Gasteiger partial charge in [0, 0.05) is 6.07 Å². The SMILES string of the molecule is COC(=O)c1cc(NC(=O)Cc2ccc3ccccc3c2)c(F)cc1F. The lowest BCUT2D eigenvalue weighted by atomic mass is 10.0. The number of nitrogens with one attached hydrogen (secondary N) is 1. The maximum Gasteiger partial charge on any atom is 0.340 e. The summed E-state index contributed by atoms with van der Waals surface area (Å²) in [5, 5.41) is 4.40. The summed E-state index contributed by atoms with van der Waals surface area (Å²) >= 11 is 0. The van der Waals surface area contributed by atoms with Crippen LogP contribution in [0, 0.1) is 11.6 Å². The van der Waals surface area contributed by atoms with Crippen molar-refractivity contribution in [1.82, 2.24) is 0 Å². The molecule has 0 spiro atoms. The molecule has 0 atom stereocenters. The highest BCUT2D eigenvalue weighted by atomic mass is 19.1. The van der Waals surface area contributed by atoms with Crippen molar-refractivity contribution < 1.29 is 23.1 Å². The highest BCUT2D eigenvalue weighted by molar-refractivity contribution is 5.96. The zero-order valence-corrected chi connectivity index (χ0v) is 13.9. The van der Waals surface area contributed by atoms with E-state index < -0.39 is 29.1 Å². The summed E-state index contributed by atoms with van der Waals surface area (Å²) in [4.78, 5) is 23.7. The number of fused-ring (bicyclic) bond motifs is 1. The quantitative estimate of drug-likeness (QED) is 0.718. The van der Waals surface area contributed by atoms with E-state index >= 15 is 0 Å². The fourth-order valence-corrected chi connectivity index (χ4v) is 2.64. The topological polar surface area (TPSA) is 55.4 Å². The van der Waals surface area contributed by atoms with Crippen molar-refractivity contribution in [3.05, 3.63) is 77.4 Å². The summed E-state index contributed by atoms with van der Waals surface area (Å²) in [7, 11) is 1.09. The van der Waals surface area contributed by atoms with E-state index in [1.54, 1.807) is 0 Å². The van der Waals surface area contributed by atoms with Gasteiger partial charge >= 0.3 is 5.97 Å². The minimum Gasteiger partial charge on any atom is -0.465 e. The van der Waals surface area contributed by atoms with Crippen LogP contribution in [0.1, 0.15) is 15.9 Å². The van der Waals surface area contributed by atoms with Crippen molar-refractivity contribution in [3.8, 4) is 0 Å². The molecule has 3 aromatic rings. The molecule has 0 saturated heterocycles. The molecule has 0 aliphatic heterocycles. The maximum absolute atomic E-state index is 13.9. The van der Waals surface area contributed by atoms with Crippen LogP contribution in [0.4, 0.5) is 14.5 Å². The molecule has 0 radical (unpaired) electrons. The summed E-state index contributed by atoms with van der Waals surface area (Å²) in [6.45, 7) is 0. The summed E-state index contributed by atoms with van der Waals surface area (Å²) in [5.41, 5.74) is 0.0180. The molecule has 0 saturated carbocycles. The molecule has 0 aliphatic carbocycles. The predicted molar refractivity (Wildman–Crippen MR) is 94.0 cm³/mol. The Morgan fingerprint density at radius 1 is 0.962 bits per heavy atom. The number of amides is 1. The lowest BCUT2D eigenvalue weighted by molar-refractivity contribution is -0.115. The second-order valence-corrected chi connectivity index (χ2v) is 5.71. The largest absolute Gasteiger partial charge is 0.465 e. The minimum absolute atomic E-state index is 0.00914. The molecule has 132 valence electrons. The van der Waals surface area contributed by atoms with Gasteiger partial charge in [0.05, 0.1) is 24.8 Å². The number of carbonyl (C=O) groups is 2. The molecule has 1 amide bonds. The van der Waals surface area contributed by atoms with Gasteiger partial charge in [-0.3, -0.25) is 4.79 Å². The fraction of sp³-hybridized carbons (Fsp3) is 0.100. The maximum atomic E-state index is 13.9. The highest BCUT2D eigenvalue weighted by Gasteiger charge is 2.18. The van der Waals surface area contributed by atoms with Gasteiger partial charge in [-0.25, -0.2) is 13.6 Å². The number of anilines is 1. The summed E-state index contributed by atoms with van der Waals surface area (Å²) in [5.74, 6) is -3.46. The Balaban J connectivity index is 1.79. The van der Waals surface area contributed by atoms with Gasteiger partial charge in [0.1, 0.15) is 11.6 Å². The number of esters is 1. The van der Waals surface area contributed by atoms with E-state index in [1.807, 2.05) is 42.5 Å². The molecule has 0 aliphatic rings. The van der Waals surface area contributed by atoms with Crippen LogP contribution in [0.2, 0.25) is 0 Å². The molecule has 6 heteroatoms. The van der Waals surface area contributed by atoms with Crippen molar-refractivity contribution >= 4 is 28.3 Å². The van der Waals surface area contributed by atoms with Crippen molar-refractivity contribution in [2.45, 2.75) is 6.42 Å². The van der Waals surface area contributed by atoms with E-state index in [1.165, 1.54) is 0 Å². The lowest BCUT2D eigenvalue weighted by Crippen LogP contribution is -2.16. The number of hydrogen-bond acceptors (Lipinski definition) is 3. The van der Waals surface area contributed by atoms with Gasteiger partial charge in [-0.1, -0.05) is 42.5 Å². The predicted octanol–water partition coefficient (Wildman–Crippen LogP) is 4.09. The fourth-order valence-electron chi connectivity index (χ4n) is 2.64. The van der Waals surface area contributed by atoms with E-state index in [2.05, 4.69) is 10.1 Å². The van der Waals surface area contributed by atoms with Crippen molar-refractivity contribution in [3.63, 3.8) is 0 Å². The van der Waals surface area contributed by atoms with Gasteiger partial charge in [-0.2, -0.15) is 0 Å². The average molecular weight is 355 g/mol. The Morgan fingerprint density at radius 3 is 2.42 bits per heavy atom. The van der Waals surface area contributed by atoms with Crippen LogP contribution in [0.5, 0.6) is 0 Å². The number of methoxy groups -OCH3 is 1. The number of benzene rings is 3. The summed E-state index contributed by atoms with van der Waals surface area (Å²) in [6, 6.07) is 14.7. The molecule has 0 heterocycles. The van der Waals surface area contributed by atoms with Gasteiger partial charge in [0.25, 0.3) is 0 Å². The smallest absolute Gasteiger partial charge is 0.340 e. The van der Waals surface area contributed by atoms with Gasteiger partial charge in [0.2, 0.25) is 5.91 Å². The van der Waals surface area contributed by atoms with E-state index in [0.29, 0.717) is 6.07 Å². The molecule has 3 aromatic carbocycles. The second kappa shape index (κ2) is 7.31. The van der Waals surface area contributed by atoms with Crippen molar-refractivity contribution in [2.24, 2.45) is 0 Å². The van der Waals surface area contributed by atoms with Gasteiger partial charge in [-0.05, 0) is 22.4 Å². The molecule has 0 fully saturated rings. The molecule has 0 unspecified atom stereocenters. The molecule has 1 N–H and O–H groups in total. The molecule has 0 aromatic heterocycles. The Morgan fingerprint density at radius 2 is 1.69 bits per heavy atom. The van der Waals surface area contributed by atoms with Gasteiger partial charge < -0.3 is 10.1 Å². The second-order valence-electron chi connectivity index (χ2n) is 5.71. The van der Waals surface area contributed by atoms with Crippen LogP contribution in [0.15, 0.2) is 54.6 Å². The molecular formula is C20H15F2NO3. The third kappa shape index (κ3) is 3.69. The number of hydrogen-bond donors (Lipinski definition) is 1. The third-order valence-corrected chi connectivity index (χ3v) is 3.91. The summed E-state index contributed by atoms with van der Waals surface area (Å²) < 4.78 is 32.0. The van der Waals surface area contributed by atoms with E-state index in [9.17, 15) is 18.4 Å². The Labute approximate surface area is 148 Å². The monoisotopic (exact) mass is 355 g/mol. The Kier molecular flexibility index (Phi) is 4.93. The van der Waals surface area contributed by atoms with E-state index in [-0.39, 0.29) is 12.1 Å². The molecule has 3 rings (SSSR count). The van der Waals surface area contributed by atoms with Crippen molar-refractivity contribution in [1.29, 1.82) is 0 Å². The zero-order chi connectivity index (χ0) is 18.7.